The molecule has 0 bridgehead atoms. The maximum Gasteiger partial charge on any atom is 0.306 e. The summed E-state index contributed by atoms with van der Waals surface area (Å²) in [6.07, 6.45) is 59.1. The van der Waals surface area contributed by atoms with E-state index in [2.05, 4.69) is 87.6 Å². The highest BCUT2D eigenvalue weighted by Crippen LogP contribution is 2.13. The van der Waals surface area contributed by atoms with Gasteiger partial charge in [-0.2, -0.15) is 0 Å². The van der Waals surface area contributed by atoms with Crippen LogP contribution in [0.4, 0.5) is 0 Å². The van der Waals surface area contributed by atoms with Crippen molar-refractivity contribution in [2.75, 3.05) is 13.2 Å². The summed E-state index contributed by atoms with van der Waals surface area (Å²) in [5, 5.41) is 0. The maximum absolute atomic E-state index is 12.7. The summed E-state index contributed by atoms with van der Waals surface area (Å²) in [7, 11) is 0. The molecule has 0 radical (unpaired) electrons. The topological polar surface area (TPSA) is 78.9 Å². The quantitative estimate of drug-likeness (QED) is 0.0264. The van der Waals surface area contributed by atoms with Crippen LogP contribution in [0, 0.1) is 0 Å². The minimum absolute atomic E-state index is 0.109. The van der Waals surface area contributed by atoms with E-state index in [1.54, 1.807) is 0 Å². The van der Waals surface area contributed by atoms with Gasteiger partial charge in [-0.1, -0.05) is 190 Å². The SMILES string of the molecule is CC/C=C\C/C=C\C/C=C\CCCCCCCCCCCC(=O)OCC(COC(=O)CCC/C=C\CCCCCC)OC(=O)CC/C=C\C/C=C\CCCCCCCC. The van der Waals surface area contributed by atoms with E-state index in [1.807, 2.05) is 6.08 Å². The number of hydrogen-bond acceptors (Lipinski definition) is 6. The molecule has 59 heavy (non-hydrogen) atoms. The summed E-state index contributed by atoms with van der Waals surface area (Å²) in [4.78, 5) is 37.7. The molecule has 338 valence electrons. The smallest absolute Gasteiger partial charge is 0.306 e. The highest BCUT2D eigenvalue weighted by molar-refractivity contribution is 5.71. The summed E-state index contributed by atoms with van der Waals surface area (Å²) < 4.78 is 16.6. The zero-order valence-electron chi connectivity index (χ0n) is 38.5. The maximum atomic E-state index is 12.7. The Balaban J connectivity index is 4.39. The number of allylic oxidation sites excluding steroid dienone is 12. The largest absolute Gasteiger partial charge is 0.462 e. The molecule has 0 aromatic rings. The number of hydrogen-bond donors (Lipinski definition) is 0. The van der Waals surface area contributed by atoms with Gasteiger partial charge in [-0.15, -0.1) is 0 Å². The van der Waals surface area contributed by atoms with Gasteiger partial charge < -0.3 is 14.2 Å². The van der Waals surface area contributed by atoms with E-state index in [9.17, 15) is 14.4 Å². The van der Waals surface area contributed by atoms with Gasteiger partial charge in [0.25, 0.3) is 0 Å². The molecule has 0 aliphatic carbocycles. The molecule has 0 aliphatic rings. The molecule has 0 aromatic carbocycles. The first-order valence-electron chi connectivity index (χ1n) is 24.4. The Hall–Kier alpha value is -3.15. The van der Waals surface area contributed by atoms with E-state index >= 15 is 0 Å². The van der Waals surface area contributed by atoms with Crippen LogP contribution in [0.3, 0.4) is 0 Å². The van der Waals surface area contributed by atoms with Crippen molar-refractivity contribution < 1.29 is 28.6 Å². The van der Waals surface area contributed by atoms with Gasteiger partial charge in [0.05, 0.1) is 0 Å². The molecule has 0 aliphatic heterocycles. The van der Waals surface area contributed by atoms with Crippen molar-refractivity contribution in [3.63, 3.8) is 0 Å². The van der Waals surface area contributed by atoms with E-state index in [-0.39, 0.29) is 37.5 Å². The molecule has 0 amide bonds. The Morgan fingerprint density at radius 3 is 1.20 bits per heavy atom. The standard InChI is InChI=1S/C53H90O6/c1-4-7-10-13-16-19-21-23-24-25-26-27-28-30-31-34-37-40-43-46-52(55)58-49-50(48-57-51(54)45-42-39-36-33-18-15-12-9-6-3)59-53(56)47-44-41-38-35-32-29-22-20-17-14-11-8-5-2/h7,10,16,19,23-24,29,32-33,36,38,41,50H,4-6,8-9,11-15,17-18,20-22,25-28,30-31,34-35,37,39-40,42-49H2,1-3H3/b10-7-,19-16-,24-23-,32-29-,36-33-,41-38-. The second kappa shape index (κ2) is 47.5. The number of carbonyl (C=O) groups is 3. The molecule has 0 saturated heterocycles. The van der Waals surface area contributed by atoms with Crippen LogP contribution in [-0.2, 0) is 28.6 Å². The average Bonchev–Trinajstić information content (AvgIpc) is 3.23. The average molecular weight is 823 g/mol. The minimum atomic E-state index is -0.816. The van der Waals surface area contributed by atoms with E-state index in [4.69, 9.17) is 14.2 Å². The lowest BCUT2D eigenvalue weighted by Crippen LogP contribution is -2.30. The van der Waals surface area contributed by atoms with Crippen LogP contribution < -0.4 is 0 Å². The van der Waals surface area contributed by atoms with Gasteiger partial charge in [-0.05, 0) is 89.9 Å². The number of carbonyl (C=O) groups excluding carboxylic acids is 3. The molecule has 1 atom stereocenters. The lowest BCUT2D eigenvalue weighted by molar-refractivity contribution is -0.166. The first kappa shape index (κ1) is 55.9. The molecule has 0 aromatic heterocycles. The molecule has 6 nitrogen and oxygen atoms in total. The van der Waals surface area contributed by atoms with Crippen LogP contribution in [-0.4, -0.2) is 37.2 Å². The fourth-order valence-electron chi connectivity index (χ4n) is 6.51. The van der Waals surface area contributed by atoms with Gasteiger partial charge in [-0.3, -0.25) is 14.4 Å². The second-order valence-electron chi connectivity index (χ2n) is 16.0. The van der Waals surface area contributed by atoms with Crippen molar-refractivity contribution in [3.8, 4) is 0 Å². The van der Waals surface area contributed by atoms with Crippen molar-refractivity contribution in [2.45, 2.75) is 232 Å². The number of unbranched alkanes of at least 4 members (excludes halogenated alkanes) is 20. The third-order valence-electron chi connectivity index (χ3n) is 10.2. The van der Waals surface area contributed by atoms with Crippen LogP contribution >= 0.6 is 0 Å². The van der Waals surface area contributed by atoms with E-state index < -0.39 is 6.10 Å². The highest BCUT2D eigenvalue weighted by Gasteiger charge is 2.19. The van der Waals surface area contributed by atoms with Crippen LogP contribution in [0.5, 0.6) is 0 Å². The molecule has 0 saturated carbocycles. The Kier molecular flexibility index (Phi) is 45.0. The fraction of sp³-hybridized carbons (Fsp3) is 0.717. The summed E-state index contributed by atoms with van der Waals surface area (Å²) in [5.74, 6) is -1.02. The van der Waals surface area contributed by atoms with E-state index in [1.165, 1.54) is 109 Å². The fourth-order valence-corrected chi connectivity index (χ4v) is 6.51. The van der Waals surface area contributed by atoms with Crippen LogP contribution in [0.25, 0.3) is 0 Å². The highest BCUT2D eigenvalue weighted by atomic mass is 16.6. The molecule has 0 heterocycles. The number of rotatable bonds is 43. The predicted molar refractivity (Wildman–Crippen MR) is 251 cm³/mol. The van der Waals surface area contributed by atoms with Crippen molar-refractivity contribution in [3.05, 3.63) is 72.9 Å². The number of esters is 3. The summed E-state index contributed by atoms with van der Waals surface area (Å²) >= 11 is 0. The normalized spacial score (nSPS) is 12.7. The van der Waals surface area contributed by atoms with Gasteiger partial charge in [0.1, 0.15) is 13.2 Å². The zero-order valence-corrected chi connectivity index (χ0v) is 38.5. The van der Waals surface area contributed by atoms with Gasteiger partial charge in [0.15, 0.2) is 6.10 Å². The molecule has 0 rings (SSSR count). The Morgan fingerprint density at radius 1 is 0.356 bits per heavy atom. The Morgan fingerprint density at radius 2 is 0.712 bits per heavy atom. The second-order valence-corrected chi connectivity index (χ2v) is 16.0. The van der Waals surface area contributed by atoms with Crippen molar-refractivity contribution in [2.24, 2.45) is 0 Å². The molecule has 6 heteroatoms. The van der Waals surface area contributed by atoms with Gasteiger partial charge >= 0.3 is 17.9 Å². The zero-order chi connectivity index (χ0) is 43.0. The van der Waals surface area contributed by atoms with Crippen molar-refractivity contribution >= 4 is 17.9 Å². The first-order chi connectivity index (χ1) is 29.0. The molecule has 0 N–H and O–H groups in total. The van der Waals surface area contributed by atoms with Crippen LogP contribution in [0.2, 0.25) is 0 Å². The van der Waals surface area contributed by atoms with Gasteiger partial charge in [0, 0.05) is 19.3 Å². The Labute approximate surface area is 363 Å². The van der Waals surface area contributed by atoms with Crippen LogP contribution in [0.1, 0.15) is 226 Å². The monoisotopic (exact) mass is 823 g/mol. The van der Waals surface area contributed by atoms with E-state index in [0.717, 1.165) is 64.2 Å². The summed E-state index contributed by atoms with van der Waals surface area (Å²) in [6.45, 7) is 6.39. The molecular formula is C53H90O6. The molecule has 1 unspecified atom stereocenters. The lowest BCUT2D eigenvalue weighted by Gasteiger charge is -2.18. The van der Waals surface area contributed by atoms with Crippen molar-refractivity contribution in [1.82, 2.24) is 0 Å². The third-order valence-corrected chi connectivity index (χ3v) is 10.2. The Bertz CT molecular complexity index is 1130. The van der Waals surface area contributed by atoms with Gasteiger partial charge in [0.2, 0.25) is 0 Å². The van der Waals surface area contributed by atoms with Gasteiger partial charge in [-0.25, -0.2) is 0 Å². The van der Waals surface area contributed by atoms with E-state index in [0.29, 0.717) is 25.7 Å². The number of ether oxygens (including phenoxy) is 3. The third kappa shape index (κ3) is 45.8. The summed E-state index contributed by atoms with van der Waals surface area (Å²) in [5.41, 5.74) is 0. The lowest BCUT2D eigenvalue weighted by atomic mass is 10.1. The molecule has 0 spiro atoms. The van der Waals surface area contributed by atoms with Crippen molar-refractivity contribution in [1.29, 1.82) is 0 Å². The van der Waals surface area contributed by atoms with Crippen LogP contribution in [0.15, 0.2) is 72.9 Å². The molecular weight excluding hydrogens is 733 g/mol. The predicted octanol–water partition coefficient (Wildman–Crippen LogP) is 15.9. The first-order valence-corrected chi connectivity index (χ1v) is 24.4. The minimum Gasteiger partial charge on any atom is -0.462 e. The summed E-state index contributed by atoms with van der Waals surface area (Å²) in [6, 6.07) is 0. The molecule has 0 fully saturated rings.